The quantitative estimate of drug-likeness (QED) is 0.707. The fourth-order valence-electron chi connectivity index (χ4n) is 4.69. The lowest BCUT2D eigenvalue weighted by Gasteiger charge is -2.33. The first-order chi connectivity index (χ1) is 14.6. The maximum atomic E-state index is 12.8. The molecule has 0 spiro atoms. The molecule has 1 N–H and O–H groups in total. The van der Waals surface area contributed by atoms with Crippen LogP contribution in [-0.4, -0.2) is 61.5 Å². The summed E-state index contributed by atoms with van der Waals surface area (Å²) >= 11 is 0. The lowest BCUT2D eigenvalue weighted by Crippen LogP contribution is -2.40. The molecule has 2 saturated heterocycles. The molecule has 2 atom stereocenters. The van der Waals surface area contributed by atoms with Crippen LogP contribution in [0.2, 0.25) is 0 Å². The van der Waals surface area contributed by atoms with Gasteiger partial charge in [0.25, 0.3) is 5.56 Å². The van der Waals surface area contributed by atoms with E-state index in [1.165, 1.54) is 5.56 Å². The Kier molecular flexibility index (Phi) is 5.04. The van der Waals surface area contributed by atoms with Gasteiger partial charge in [0, 0.05) is 38.4 Å². The zero-order chi connectivity index (χ0) is 20.7. The van der Waals surface area contributed by atoms with Gasteiger partial charge in [0.15, 0.2) is 0 Å². The standard InChI is InChI=1S/C22H28N6O2/c1-16-4-5-21-23-10-19(27(21)12-16)14-25-7-2-3-17(13-25)28-22(30)9-18(11-24-28)26-8-6-20(29)15-26/h4-5,9-12,17,20,29H,2-3,6-8,13-15H2,1H3/t17-,20-/m0/s1. The minimum absolute atomic E-state index is 0.0637. The normalized spacial score (nSPS) is 22.8. The molecule has 0 unspecified atom stereocenters. The molecule has 0 radical (unpaired) electrons. The molecule has 0 saturated carbocycles. The van der Waals surface area contributed by atoms with Crippen molar-refractivity contribution >= 4 is 11.3 Å². The van der Waals surface area contributed by atoms with E-state index < -0.39 is 0 Å². The van der Waals surface area contributed by atoms with Gasteiger partial charge in [-0.05, 0) is 44.4 Å². The first-order valence-electron chi connectivity index (χ1n) is 10.7. The van der Waals surface area contributed by atoms with Crippen LogP contribution in [-0.2, 0) is 6.54 Å². The third kappa shape index (κ3) is 3.73. The van der Waals surface area contributed by atoms with Crippen LogP contribution < -0.4 is 10.5 Å². The minimum Gasteiger partial charge on any atom is -0.391 e. The summed E-state index contributed by atoms with van der Waals surface area (Å²) in [5, 5.41) is 14.2. The van der Waals surface area contributed by atoms with E-state index in [-0.39, 0.29) is 17.7 Å². The molecule has 0 aliphatic carbocycles. The molecule has 158 valence electrons. The van der Waals surface area contributed by atoms with Crippen molar-refractivity contribution in [3.63, 3.8) is 0 Å². The van der Waals surface area contributed by atoms with Crippen molar-refractivity contribution in [2.75, 3.05) is 31.1 Å². The average molecular weight is 409 g/mol. The number of aromatic nitrogens is 4. The number of β-amino-alcohol motifs (C(OH)–C–C–N with tert-alkyl or cyclic N) is 1. The Hall–Kier alpha value is -2.71. The molecule has 2 aliphatic heterocycles. The maximum absolute atomic E-state index is 12.8. The third-order valence-electron chi connectivity index (χ3n) is 6.28. The zero-order valence-corrected chi connectivity index (χ0v) is 17.3. The number of nitrogens with zero attached hydrogens (tertiary/aromatic N) is 6. The van der Waals surface area contributed by atoms with E-state index in [1.807, 2.05) is 17.2 Å². The van der Waals surface area contributed by atoms with Gasteiger partial charge in [0.05, 0.1) is 35.9 Å². The summed E-state index contributed by atoms with van der Waals surface area (Å²) in [4.78, 5) is 21.7. The summed E-state index contributed by atoms with van der Waals surface area (Å²) < 4.78 is 3.80. The summed E-state index contributed by atoms with van der Waals surface area (Å²) in [6.45, 7) is 6.04. The predicted octanol–water partition coefficient (Wildman–Crippen LogP) is 1.61. The van der Waals surface area contributed by atoms with Crippen molar-refractivity contribution in [3.8, 4) is 0 Å². The zero-order valence-electron chi connectivity index (χ0n) is 17.3. The Balaban J connectivity index is 1.31. The molecule has 0 aromatic carbocycles. The fraction of sp³-hybridized carbons (Fsp3) is 0.500. The van der Waals surface area contributed by atoms with Crippen LogP contribution in [0.15, 0.2) is 41.6 Å². The lowest BCUT2D eigenvalue weighted by atomic mass is 10.1. The number of likely N-dealkylation sites (tertiary alicyclic amines) is 1. The van der Waals surface area contributed by atoms with Crippen LogP contribution in [0.4, 0.5) is 5.69 Å². The van der Waals surface area contributed by atoms with E-state index in [0.29, 0.717) is 6.54 Å². The molecule has 8 nitrogen and oxygen atoms in total. The van der Waals surface area contributed by atoms with Crippen molar-refractivity contribution in [1.82, 2.24) is 24.1 Å². The topological polar surface area (TPSA) is 78.9 Å². The van der Waals surface area contributed by atoms with Crippen LogP contribution in [0.5, 0.6) is 0 Å². The summed E-state index contributed by atoms with van der Waals surface area (Å²) in [5.74, 6) is 0. The Morgan fingerprint density at radius 1 is 1.17 bits per heavy atom. The highest BCUT2D eigenvalue weighted by Gasteiger charge is 2.25. The van der Waals surface area contributed by atoms with Crippen molar-refractivity contribution < 1.29 is 5.11 Å². The molecule has 8 heteroatoms. The molecule has 5 heterocycles. The predicted molar refractivity (Wildman–Crippen MR) is 115 cm³/mol. The molecule has 0 amide bonds. The number of aryl methyl sites for hydroxylation is 1. The monoisotopic (exact) mass is 408 g/mol. The van der Waals surface area contributed by atoms with E-state index in [0.717, 1.165) is 62.5 Å². The summed E-state index contributed by atoms with van der Waals surface area (Å²) in [6, 6.07) is 5.86. The Morgan fingerprint density at radius 2 is 2.07 bits per heavy atom. The fourth-order valence-corrected chi connectivity index (χ4v) is 4.69. The first kappa shape index (κ1) is 19.3. The van der Waals surface area contributed by atoms with Crippen LogP contribution in [0.25, 0.3) is 5.65 Å². The number of fused-ring (bicyclic) bond motifs is 1. The summed E-state index contributed by atoms with van der Waals surface area (Å²) in [7, 11) is 0. The molecule has 3 aromatic heterocycles. The van der Waals surface area contributed by atoms with Crippen LogP contribution in [0.1, 0.15) is 36.6 Å². The largest absolute Gasteiger partial charge is 0.391 e. The van der Waals surface area contributed by atoms with Gasteiger partial charge in [0.2, 0.25) is 0 Å². The second-order valence-electron chi connectivity index (χ2n) is 8.60. The number of anilines is 1. The molecule has 0 bridgehead atoms. The van der Waals surface area contributed by atoms with E-state index in [1.54, 1.807) is 16.9 Å². The second-order valence-corrected chi connectivity index (χ2v) is 8.60. The molecular weight excluding hydrogens is 380 g/mol. The van der Waals surface area contributed by atoms with Crippen LogP contribution in [0.3, 0.4) is 0 Å². The van der Waals surface area contributed by atoms with Gasteiger partial charge in [-0.3, -0.25) is 9.69 Å². The molecule has 2 aliphatic rings. The molecule has 2 fully saturated rings. The Bertz CT molecular complexity index is 1110. The maximum Gasteiger partial charge on any atom is 0.269 e. The highest BCUT2D eigenvalue weighted by Crippen LogP contribution is 2.23. The highest BCUT2D eigenvalue weighted by atomic mass is 16.3. The van der Waals surface area contributed by atoms with Gasteiger partial charge >= 0.3 is 0 Å². The lowest BCUT2D eigenvalue weighted by molar-refractivity contribution is 0.158. The van der Waals surface area contributed by atoms with Crippen LogP contribution >= 0.6 is 0 Å². The number of aliphatic hydroxyl groups is 1. The van der Waals surface area contributed by atoms with Gasteiger partial charge in [-0.1, -0.05) is 6.07 Å². The summed E-state index contributed by atoms with van der Waals surface area (Å²) in [5.41, 5.74) is 4.08. The summed E-state index contributed by atoms with van der Waals surface area (Å²) in [6.07, 6.45) is 8.25. The van der Waals surface area contributed by atoms with Crippen molar-refractivity contribution in [2.24, 2.45) is 0 Å². The van der Waals surface area contributed by atoms with Gasteiger partial charge < -0.3 is 14.4 Å². The number of pyridine rings is 1. The first-order valence-corrected chi connectivity index (χ1v) is 10.7. The number of hydrogen-bond acceptors (Lipinski definition) is 6. The van der Waals surface area contributed by atoms with Crippen LogP contribution in [0, 0.1) is 6.92 Å². The molecule has 3 aromatic rings. The Labute approximate surface area is 175 Å². The minimum atomic E-state index is -0.317. The number of imidazole rings is 1. The van der Waals surface area contributed by atoms with E-state index in [2.05, 4.69) is 38.6 Å². The molecular formula is C22H28N6O2. The highest BCUT2D eigenvalue weighted by molar-refractivity contribution is 5.44. The van der Waals surface area contributed by atoms with E-state index >= 15 is 0 Å². The van der Waals surface area contributed by atoms with Gasteiger partial charge in [-0.15, -0.1) is 0 Å². The molecule has 5 rings (SSSR count). The number of rotatable bonds is 4. The van der Waals surface area contributed by atoms with E-state index in [4.69, 9.17) is 0 Å². The van der Waals surface area contributed by atoms with Gasteiger partial charge in [-0.25, -0.2) is 9.67 Å². The van der Waals surface area contributed by atoms with Crippen molar-refractivity contribution in [2.45, 2.75) is 44.9 Å². The number of hydrogen-bond donors (Lipinski definition) is 1. The van der Waals surface area contributed by atoms with Crippen molar-refractivity contribution in [3.05, 3.63) is 58.4 Å². The second kappa shape index (κ2) is 7.85. The van der Waals surface area contributed by atoms with Crippen molar-refractivity contribution in [1.29, 1.82) is 0 Å². The molecule has 30 heavy (non-hydrogen) atoms. The number of piperidine rings is 1. The van der Waals surface area contributed by atoms with Gasteiger partial charge in [-0.2, -0.15) is 5.10 Å². The SMILES string of the molecule is Cc1ccc2ncc(CN3CCC[C@H](n4ncc(N5CC[C@H](O)C5)cc4=O)C3)n2c1. The number of aliphatic hydroxyl groups excluding tert-OH is 1. The van der Waals surface area contributed by atoms with Gasteiger partial charge in [0.1, 0.15) is 5.65 Å². The smallest absolute Gasteiger partial charge is 0.269 e. The Morgan fingerprint density at radius 3 is 2.87 bits per heavy atom. The average Bonchev–Trinajstić information content (AvgIpc) is 3.34. The van der Waals surface area contributed by atoms with E-state index in [9.17, 15) is 9.90 Å². The third-order valence-corrected chi connectivity index (χ3v) is 6.28.